The molecule has 0 unspecified atom stereocenters. The van der Waals surface area contributed by atoms with Gasteiger partial charge < -0.3 is 15.5 Å². The molecule has 0 atom stereocenters. The summed E-state index contributed by atoms with van der Waals surface area (Å²) in [6, 6.07) is 4.47. The van der Waals surface area contributed by atoms with Crippen LogP contribution < -0.4 is 5.73 Å². The van der Waals surface area contributed by atoms with Gasteiger partial charge in [-0.05, 0) is 42.7 Å². The maximum Gasteiger partial charge on any atom is 0.249 e. The molecular weight excluding hydrogens is 335 g/mol. The maximum absolute atomic E-state index is 14.1. The Kier molecular flexibility index (Phi) is 4.00. The monoisotopic (exact) mass is 352 g/mol. The van der Waals surface area contributed by atoms with Crippen molar-refractivity contribution in [3.05, 3.63) is 53.2 Å². The van der Waals surface area contributed by atoms with E-state index in [0.717, 1.165) is 29.1 Å². The molecule has 1 aliphatic rings. The van der Waals surface area contributed by atoms with Crippen LogP contribution in [-0.2, 0) is 4.74 Å². The normalized spacial score (nSPS) is 14.5. The Hall–Kier alpha value is -3.06. The van der Waals surface area contributed by atoms with Gasteiger partial charge in [0.25, 0.3) is 0 Å². The molecular formula is C19H17FN4O2. The highest BCUT2D eigenvalue weighted by Gasteiger charge is 2.18. The van der Waals surface area contributed by atoms with E-state index in [1.807, 2.05) is 12.1 Å². The Bertz CT molecular complexity index is 1060. The molecule has 7 heteroatoms. The van der Waals surface area contributed by atoms with Crippen LogP contribution in [0.3, 0.4) is 0 Å². The number of hydrogen-bond donors (Lipinski definition) is 2. The van der Waals surface area contributed by atoms with Crippen LogP contribution in [-0.4, -0.2) is 34.1 Å². The molecule has 0 fully saturated rings. The largest absolute Gasteiger partial charge is 0.377 e. The van der Waals surface area contributed by atoms with Gasteiger partial charge in [0.05, 0.1) is 18.9 Å². The highest BCUT2D eigenvalue weighted by molar-refractivity contribution is 5.99. The van der Waals surface area contributed by atoms with Crippen molar-refractivity contribution < 1.29 is 13.9 Å². The number of primary amides is 1. The Morgan fingerprint density at radius 2 is 2.15 bits per heavy atom. The molecule has 3 aromatic rings. The van der Waals surface area contributed by atoms with Crippen LogP contribution in [0.25, 0.3) is 27.9 Å². The van der Waals surface area contributed by atoms with Crippen molar-refractivity contribution in [2.45, 2.75) is 13.3 Å². The molecule has 132 valence electrons. The van der Waals surface area contributed by atoms with Gasteiger partial charge in [0.15, 0.2) is 0 Å². The van der Waals surface area contributed by atoms with Crippen molar-refractivity contribution in [2.24, 2.45) is 5.73 Å². The fraction of sp³-hybridized carbons (Fsp3) is 0.211. The third-order valence-corrected chi connectivity index (χ3v) is 4.63. The molecule has 0 saturated carbocycles. The highest BCUT2D eigenvalue weighted by atomic mass is 19.1. The number of hydrogen-bond acceptors (Lipinski definition) is 4. The van der Waals surface area contributed by atoms with Crippen LogP contribution in [0.1, 0.15) is 28.0 Å². The van der Waals surface area contributed by atoms with Gasteiger partial charge in [0.2, 0.25) is 5.91 Å². The van der Waals surface area contributed by atoms with Crippen LogP contribution in [0.2, 0.25) is 0 Å². The molecule has 3 heterocycles. The third-order valence-electron chi connectivity index (χ3n) is 4.63. The van der Waals surface area contributed by atoms with Crippen LogP contribution in [0.4, 0.5) is 4.39 Å². The van der Waals surface area contributed by atoms with E-state index in [0.29, 0.717) is 35.7 Å². The number of benzene rings is 1. The fourth-order valence-electron chi connectivity index (χ4n) is 3.28. The molecule has 2 aromatic heterocycles. The van der Waals surface area contributed by atoms with E-state index in [9.17, 15) is 9.18 Å². The van der Waals surface area contributed by atoms with Gasteiger partial charge >= 0.3 is 0 Å². The number of nitrogens with two attached hydrogens (primary N) is 1. The predicted octanol–water partition coefficient (Wildman–Crippen LogP) is 2.98. The summed E-state index contributed by atoms with van der Waals surface area (Å²) in [5.41, 5.74) is 9.94. The molecule has 3 N–H and O–H groups in total. The minimum Gasteiger partial charge on any atom is -0.377 e. The quantitative estimate of drug-likeness (QED) is 0.758. The first-order valence-electron chi connectivity index (χ1n) is 8.26. The van der Waals surface area contributed by atoms with Crippen LogP contribution in [0.5, 0.6) is 0 Å². The van der Waals surface area contributed by atoms with Crippen molar-refractivity contribution in [3.63, 3.8) is 0 Å². The van der Waals surface area contributed by atoms with Crippen molar-refractivity contribution in [2.75, 3.05) is 13.2 Å². The number of fused-ring (bicyclic) bond motifs is 1. The number of aromatic nitrogens is 3. The molecule has 4 rings (SSSR count). The molecule has 1 aromatic carbocycles. The van der Waals surface area contributed by atoms with Crippen LogP contribution in [0, 0.1) is 12.7 Å². The van der Waals surface area contributed by atoms with Gasteiger partial charge in [-0.2, -0.15) is 0 Å². The van der Waals surface area contributed by atoms with E-state index in [-0.39, 0.29) is 5.56 Å². The second-order valence-electron chi connectivity index (χ2n) is 6.21. The van der Waals surface area contributed by atoms with Gasteiger partial charge in [-0.25, -0.2) is 14.4 Å². The highest BCUT2D eigenvalue weighted by Crippen LogP contribution is 2.32. The number of halogens is 1. The summed E-state index contributed by atoms with van der Waals surface area (Å²) >= 11 is 0. The minimum atomic E-state index is -0.671. The number of ether oxygens (including phenoxy) is 1. The van der Waals surface area contributed by atoms with Crippen LogP contribution in [0.15, 0.2) is 30.6 Å². The first-order chi connectivity index (χ1) is 12.5. The SMILES string of the molecule is Cc1c(C(N)=O)cc(F)cc1-c1ncnc2[nH]c(C3=CCOCC3)cc12. The summed E-state index contributed by atoms with van der Waals surface area (Å²) in [4.78, 5) is 23.5. The van der Waals surface area contributed by atoms with Crippen molar-refractivity contribution in [1.29, 1.82) is 0 Å². The molecule has 0 bridgehead atoms. The Labute approximate surface area is 148 Å². The first kappa shape index (κ1) is 16.4. The molecule has 1 amide bonds. The lowest BCUT2D eigenvalue weighted by atomic mass is 9.97. The number of H-pyrrole nitrogens is 1. The number of nitrogens with zero attached hydrogens (tertiary/aromatic N) is 2. The summed E-state index contributed by atoms with van der Waals surface area (Å²) in [5, 5.41) is 0.763. The average molecular weight is 352 g/mol. The third kappa shape index (κ3) is 2.76. The lowest BCUT2D eigenvalue weighted by Crippen LogP contribution is -2.13. The van der Waals surface area contributed by atoms with Gasteiger partial charge in [0, 0.05) is 22.2 Å². The summed E-state index contributed by atoms with van der Waals surface area (Å²) in [6.45, 7) is 2.98. The Balaban J connectivity index is 1.91. The summed E-state index contributed by atoms with van der Waals surface area (Å²) in [6.07, 6.45) is 4.25. The molecule has 1 aliphatic heterocycles. The average Bonchev–Trinajstić information content (AvgIpc) is 3.08. The molecule has 0 spiro atoms. The molecule has 0 saturated heterocycles. The summed E-state index contributed by atoms with van der Waals surface area (Å²) in [7, 11) is 0. The van der Waals surface area contributed by atoms with Gasteiger partial charge in [-0.15, -0.1) is 0 Å². The number of carbonyl (C=O) groups is 1. The summed E-state index contributed by atoms with van der Waals surface area (Å²) in [5.74, 6) is -1.20. The van der Waals surface area contributed by atoms with E-state index >= 15 is 0 Å². The van der Waals surface area contributed by atoms with Crippen LogP contribution >= 0.6 is 0 Å². The van der Waals surface area contributed by atoms with Gasteiger partial charge in [-0.1, -0.05) is 6.08 Å². The van der Waals surface area contributed by atoms with Crippen molar-refractivity contribution in [3.8, 4) is 11.3 Å². The second-order valence-corrected chi connectivity index (χ2v) is 6.21. The molecule has 6 nitrogen and oxygen atoms in total. The summed E-state index contributed by atoms with van der Waals surface area (Å²) < 4.78 is 19.4. The zero-order valence-electron chi connectivity index (χ0n) is 14.2. The number of aromatic amines is 1. The molecule has 0 radical (unpaired) electrons. The van der Waals surface area contributed by atoms with Crippen molar-refractivity contribution >= 4 is 22.5 Å². The Morgan fingerprint density at radius 1 is 1.31 bits per heavy atom. The lowest BCUT2D eigenvalue weighted by molar-refractivity contribution is 0.0999. The first-order valence-corrected chi connectivity index (χ1v) is 8.26. The fourth-order valence-corrected chi connectivity index (χ4v) is 3.28. The molecule has 26 heavy (non-hydrogen) atoms. The zero-order valence-corrected chi connectivity index (χ0v) is 14.2. The topological polar surface area (TPSA) is 93.9 Å². The molecule has 0 aliphatic carbocycles. The zero-order chi connectivity index (χ0) is 18.3. The van der Waals surface area contributed by atoms with Gasteiger partial charge in [0.1, 0.15) is 17.8 Å². The lowest BCUT2D eigenvalue weighted by Gasteiger charge is -2.11. The Morgan fingerprint density at radius 3 is 2.88 bits per heavy atom. The number of nitrogens with one attached hydrogen (secondary N) is 1. The standard InChI is InChI=1S/C19H17FN4O2/c1-10-13(6-12(20)7-14(10)18(21)25)17-15-8-16(11-2-4-26-5-3-11)24-19(15)23-9-22-17/h2,6-9H,3-5H2,1H3,(H2,21,25)(H,22,23,24). The van der Waals surface area contributed by atoms with Crippen molar-refractivity contribution in [1.82, 2.24) is 15.0 Å². The van der Waals surface area contributed by atoms with E-state index in [1.165, 1.54) is 12.4 Å². The smallest absolute Gasteiger partial charge is 0.249 e. The predicted molar refractivity (Wildman–Crippen MR) is 96.0 cm³/mol. The van der Waals surface area contributed by atoms with E-state index in [4.69, 9.17) is 10.5 Å². The van der Waals surface area contributed by atoms with E-state index in [1.54, 1.807) is 6.92 Å². The minimum absolute atomic E-state index is 0.148. The number of carbonyl (C=O) groups excluding carboxylic acids is 1. The van der Waals surface area contributed by atoms with E-state index in [2.05, 4.69) is 15.0 Å². The van der Waals surface area contributed by atoms with E-state index < -0.39 is 11.7 Å². The van der Waals surface area contributed by atoms with Gasteiger partial charge in [-0.3, -0.25) is 4.79 Å². The number of rotatable bonds is 3. The maximum atomic E-state index is 14.1. The second kappa shape index (κ2) is 6.34. The number of amides is 1.